The van der Waals surface area contributed by atoms with E-state index in [0.29, 0.717) is 11.1 Å². The van der Waals surface area contributed by atoms with Crippen LogP contribution in [0.15, 0.2) is 53.1 Å². The molecule has 2 aromatic carbocycles. The number of ether oxygens (including phenoxy) is 1. The van der Waals surface area contributed by atoms with Crippen LogP contribution in [0.1, 0.15) is 18.1 Å². The van der Waals surface area contributed by atoms with Gasteiger partial charge in [0.15, 0.2) is 6.10 Å². The molecule has 3 aromatic rings. The van der Waals surface area contributed by atoms with Gasteiger partial charge >= 0.3 is 5.97 Å². The summed E-state index contributed by atoms with van der Waals surface area (Å²) < 4.78 is 24.2. The Bertz CT molecular complexity index is 963. The maximum atomic E-state index is 13.6. The lowest BCUT2D eigenvalue weighted by atomic mass is 10.1. The minimum absolute atomic E-state index is 0.0205. The van der Waals surface area contributed by atoms with E-state index >= 15 is 0 Å². The predicted octanol–water partition coefficient (Wildman–Crippen LogP) is 3.99. The van der Waals surface area contributed by atoms with Gasteiger partial charge in [-0.05, 0) is 37.6 Å². The van der Waals surface area contributed by atoms with Crippen molar-refractivity contribution in [3.63, 3.8) is 0 Å². The van der Waals surface area contributed by atoms with Crippen LogP contribution in [-0.4, -0.2) is 18.0 Å². The summed E-state index contributed by atoms with van der Waals surface area (Å²) in [6.45, 7) is 3.39. The topological polar surface area (TPSA) is 68.5 Å². The number of esters is 1. The summed E-state index contributed by atoms with van der Waals surface area (Å²) in [6, 6.07) is 11.5. The van der Waals surface area contributed by atoms with Crippen LogP contribution in [0, 0.1) is 12.7 Å². The summed E-state index contributed by atoms with van der Waals surface area (Å²) in [5.41, 5.74) is 2.47. The number of anilines is 1. The van der Waals surface area contributed by atoms with Crippen LogP contribution >= 0.6 is 0 Å². The zero-order valence-electron chi connectivity index (χ0n) is 14.4. The SMILES string of the molecule is Cc1ccc2c(CC(=O)O[C@H](C)C(=O)Nc3ccccc3F)coc2c1. The lowest BCUT2D eigenvalue weighted by Gasteiger charge is -2.13. The molecule has 1 amide bonds. The van der Waals surface area contributed by atoms with E-state index < -0.39 is 23.8 Å². The minimum atomic E-state index is -1.05. The molecule has 0 radical (unpaired) electrons. The lowest BCUT2D eigenvalue weighted by Crippen LogP contribution is -2.30. The van der Waals surface area contributed by atoms with Crippen molar-refractivity contribution in [1.29, 1.82) is 0 Å². The fraction of sp³-hybridized carbons (Fsp3) is 0.200. The van der Waals surface area contributed by atoms with Crippen LogP contribution in [0.5, 0.6) is 0 Å². The molecule has 1 heterocycles. The highest BCUT2D eigenvalue weighted by Crippen LogP contribution is 2.23. The van der Waals surface area contributed by atoms with E-state index in [0.717, 1.165) is 10.9 Å². The average molecular weight is 355 g/mol. The van der Waals surface area contributed by atoms with Gasteiger partial charge in [0, 0.05) is 10.9 Å². The maximum absolute atomic E-state index is 13.6. The number of amides is 1. The van der Waals surface area contributed by atoms with Crippen molar-refractivity contribution < 1.29 is 23.1 Å². The normalized spacial score (nSPS) is 12.0. The fourth-order valence-corrected chi connectivity index (χ4v) is 2.57. The summed E-state index contributed by atoms with van der Waals surface area (Å²) in [6.07, 6.45) is 0.436. The summed E-state index contributed by atoms with van der Waals surface area (Å²) >= 11 is 0. The van der Waals surface area contributed by atoms with E-state index in [1.54, 1.807) is 6.07 Å². The van der Waals surface area contributed by atoms with Gasteiger partial charge in [-0.1, -0.05) is 24.3 Å². The van der Waals surface area contributed by atoms with Crippen molar-refractivity contribution in [1.82, 2.24) is 0 Å². The molecule has 0 aliphatic heterocycles. The summed E-state index contributed by atoms with van der Waals surface area (Å²) in [5, 5.41) is 3.23. The summed E-state index contributed by atoms with van der Waals surface area (Å²) in [4.78, 5) is 24.2. The van der Waals surface area contributed by atoms with Gasteiger partial charge in [-0.25, -0.2) is 4.39 Å². The monoisotopic (exact) mass is 355 g/mol. The molecule has 0 fully saturated rings. The van der Waals surface area contributed by atoms with Gasteiger partial charge in [0.25, 0.3) is 5.91 Å². The van der Waals surface area contributed by atoms with Gasteiger partial charge in [0.1, 0.15) is 11.4 Å². The summed E-state index contributed by atoms with van der Waals surface area (Å²) in [7, 11) is 0. The van der Waals surface area contributed by atoms with E-state index in [1.165, 1.54) is 31.4 Å². The number of carbonyl (C=O) groups is 2. The van der Waals surface area contributed by atoms with E-state index in [4.69, 9.17) is 9.15 Å². The Kier molecular flexibility index (Phi) is 5.02. The minimum Gasteiger partial charge on any atom is -0.464 e. The molecule has 26 heavy (non-hydrogen) atoms. The Labute approximate surface area is 149 Å². The fourth-order valence-electron chi connectivity index (χ4n) is 2.57. The molecule has 0 aliphatic rings. The highest BCUT2D eigenvalue weighted by molar-refractivity contribution is 5.95. The first-order valence-electron chi connectivity index (χ1n) is 8.15. The van der Waals surface area contributed by atoms with Crippen LogP contribution < -0.4 is 5.32 Å². The van der Waals surface area contributed by atoms with Gasteiger partial charge in [-0.3, -0.25) is 9.59 Å². The number of fused-ring (bicyclic) bond motifs is 1. The number of aryl methyl sites for hydroxylation is 1. The second-order valence-corrected chi connectivity index (χ2v) is 6.04. The van der Waals surface area contributed by atoms with Crippen LogP contribution in [0.3, 0.4) is 0 Å². The molecule has 134 valence electrons. The molecule has 1 atom stereocenters. The van der Waals surface area contributed by atoms with Crippen LogP contribution in [0.4, 0.5) is 10.1 Å². The van der Waals surface area contributed by atoms with Gasteiger partial charge in [-0.2, -0.15) is 0 Å². The maximum Gasteiger partial charge on any atom is 0.311 e. The molecule has 0 bridgehead atoms. The highest BCUT2D eigenvalue weighted by atomic mass is 19.1. The molecule has 1 aromatic heterocycles. The van der Waals surface area contributed by atoms with E-state index in [1.807, 2.05) is 25.1 Å². The first-order chi connectivity index (χ1) is 12.4. The van der Waals surface area contributed by atoms with Crippen molar-refractivity contribution in [2.75, 3.05) is 5.32 Å². The van der Waals surface area contributed by atoms with E-state index in [-0.39, 0.29) is 12.1 Å². The number of furan rings is 1. The van der Waals surface area contributed by atoms with Gasteiger partial charge in [-0.15, -0.1) is 0 Å². The highest BCUT2D eigenvalue weighted by Gasteiger charge is 2.20. The Balaban J connectivity index is 1.61. The molecule has 3 rings (SSSR count). The molecule has 0 unspecified atom stereocenters. The largest absolute Gasteiger partial charge is 0.464 e. The second-order valence-electron chi connectivity index (χ2n) is 6.04. The van der Waals surface area contributed by atoms with E-state index in [9.17, 15) is 14.0 Å². The number of carbonyl (C=O) groups excluding carboxylic acids is 2. The van der Waals surface area contributed by atoms with Gasteiger partial charge in [0.05, 0.1) is 18.4 Å². The molecule has 1 N–H and O–H groups in total. The Morgan fingerprint density at radius 2 is 2.00 bits per heavy atom. The standard InChI is InChI=1S/C20H18FNO4/c1-12-7-8-15-14(11-25-18(15)9-12)10-19(23)26-13(2)20(24)22-17-6-4-3-5-16(17)21/h3-9,11,13H,10H2,1-2H3,(H,22,24)/t13-/m1/s1. The smallest absolute Gasteiger partial charge is 0.311 e. The average Bonchev–Trinajstić information content (AvgIpc) is 2.98. The van der Waals surface area contributed by atoms with Crippen molar-refractivity contribution in [3.05, 3.63) is 65.7 Å². The third kappa shape index (κ3) is 3.91. The molecule has 0 spiro atoms. The van der Waals surface area contributed by atoms with Gasteiger partial charge < -0.3 is 14.5 Å². The number of benzene rings is 2. The predicted molar refractivity (Wildman–Crippen MR) is 95.2 cm³/mol. The molecular weight excluding hydrogens is 337 g/mol. The number of para-hydroxylation sites is 1. The van der Waals surface area contributed by atoms with Crippen LogP contribution in [0.25, 0.3) is 11.0 Å². The molecular formula is C20H18FNO4. The number of hydrogen-bond donors (Lipinski definition) is 1. The third-order valence-corrected chi connectivity index (χ3v) is 3.96. The zero-order valence-corrected chi connectivity index (χ0v) is 14.4. The van der Waals surface area contributed by atoms with Crippen molar-refractivity contribution in [2.24, 2.45) is 0 Å². The number of nitrogens with one attached hydrogen (secondary N) is 1. The van der Waals surface area contributed by atoms with Crippen LogP contribution in [0.2, 0.25) is 0 Å². The number of hydrogen-bond acceptors (Lipinski definition) is 4. The van der Waals surface area contributed by atoms with Crippen molar-refractivity contribution in [3.8, 4) is 0 Å². The quantitative estimate of drug-likeness (QED) is 0.703. The molecule has 0 saturated heterocycles. The third-order valence-electron chi connectivity index (χ3n) is 3.96. The van der Waals surface area contributed by atoms with E-state index in [2.05, 4.69) is 5.32 Å². The summed E-state index contributed by atoms with van der Waals surface area (Å²) in [5.74, 6) is -1.72. The van der Waals surface area contributed by atoms with Gasteiger partial charge in [0.2, 0.25) is 0 Å². The second kappa shape index (κ2) is 7.39. The number of halogens is 1. The Hall–Kier alpha value is -3.15. The lowest BCUT2D eigenvalue weighted by molar-refractivity contribution is -0.152. The molecule has 0 saturated carbocycles. The van der Waals surface area contributed by atoms with Crippen LogP contribution in [-0.2, 0) is 20.7 Å². The molecule has 6 heteroatoms. The number of rotatable bonds is 5. The van der Waals surface area contributed by atoms with Crippen molar-refractivity contribution in [2.45, 2.75) is 26.4 Å². The molecule has 5 nitrogen and oxygen atoms in total. The Morgan fingerprint density at radius 1 is 1.23 bits per heavy atom. The Morgan fingerprint density at radius 3 is 2.77 bits per heavy atom. The first kappa shape index (κ1) is 17.7. The van der Waals surface area contributed by atoms with Crippen molar-refractivity contribution >= 4 is 28.5 Å². The first-order valence-corrected chi connectivity index (χ1v) is 8.15. The zero-order chi connectivity index (χ0) is 18.7. The molecule has 0 aliphatic carbocycles.